The number of thioether (sulfide) groups is 2. The van der Waals surface area contributed by atoms with E-state index in [0.29, 0.717) is 0 Å². The van der Waals surface area contributed by atoms with Gasteiger partial charge < -0.3 is 0 Å². The van der Waals surface area contributed by atoms with Gasteiger partial charge in [0.25, 0.3) is 0 Å². The van der Waals surface area contributed by atoms with Gasteiger partial charge in [0, 0.05) is 20.7 Å². The number of hydrogen-bond acceptors (Lipinski definition) is 4. The van der Waals surface area contributed by atoms with Crippen LogP contribution in [0.5, 0.6) is 0 Å². The number of aromatic nitrogens is 3. The zero-order valence-corrected chi connectivity index (χ0v) is 15.1. The van der Waals surface area contributed by atoms with Crippen molar-refractivity contribution in [2.24, 2.45) is 0 Å². The average Bonchev–Trinajstić information content (AvgIpc) is 3.02. The molecule has 0 aliphatic heterocycles. The lowest BCUT2D eigenvalue weighted by Gasteiger charge is -2.00. The van der Waals surface area contributed by atoms with Crippen LogP contribution in [0.1, 0.15) is 5.56 Å². The molecule has 0 bridgehead atoms. The molecule has 3 rings (SSSR count). The second kappa shape index (κ2) is 7.35. The van der Waals surface area contributed by atoms with E-state index >= 15 is 0 Å². The molecule has 0 aliphatic carbocycles. The van der Waals surface area contributed by atoms with Crippen molar-refractivity contribution >= 4 is 39.5 Å². The summed E-state index contributed by atoms with van der Waals surface area (Å²) in [5.41, 5.74) is 2.29. The molecule has 6 heteroatoms. The minimum Gasteiger partial charge on any atom is -0.258 e. The van der Waals surface area contributed by atoms with Gasteiger partial charge in [-0.05, 0) is 30.0 Å². The molecule has 1 aromatic heterocycles. The molecule has 0 spiro atoms. The standard InChI is InChI=1S/C16H14BrN3S2/c1-21-12-8-6-11(7-9-12)10-22-16-18-15(19-20-16)13-4-2-3-5-14(13)17/h2-9H,10H2,1H3,(H,18,19,20). The number of H-pyrrole nitrogens is 1. The number of nitrogens with zero attached hydrogens (tertiary/aromatic N) is 2. The van der Waals surface area contributed by atoms with Gasteiger partial charge in [-0.1, -0.05) is 58.0 Å². The smallest absolute Gasteiger partial charge is 0.209 e. The van der Waals surface area contributed by atoms with Crippen LogP contribution in [-0.4, -0.2) is 21.4 Å². The van der Waals surface area contributed by atoms with Crippen LogP contribution in [0.3, 0.4) is 0 Å². The van der Waals surface area contributed by atoms with Crippen molar-refractivity contribution in [2.45, 2.75) is 15.8 Å². The molecule has 0 unspecified atom stereocenters. The molecule has 0 amide bonds. The normalized spacial score (nSPS) is 10.8. The van der Waals surface area contributed by atoms with Gasteiger partial charge in [-0.2, -0.15) is 0 Å². The zero-order valence-electron chi connectivity index (χ0n) is 11.9. The van der Waals surface area contributed by atoms with E-state index in [1.165, 1.54) is 10.5 Å². The maximum atomic E-state index is 4.55. The number of halogens is 1. The summed E-state index contributed by atoms with van der Waals surface area (Å²) in [7, 11) is 0. The van der Waals surface area contributed by atoms with Gasteiger partial charge in [-0.15, -0.1) is 16.9 Å². The SMILES string of the molecule is CSc1ccc(CSc2n[nH]c(-c3ccccc3Br)n2)cc1. The van der Waals surface area contributed by atoms with Crippen LogP contribution in [0.2, 0.25) is 0 Å². The van der Waals surface area contributed by atoms with Crippen LogP contribution in [0.15, 0.2) is 63.1 Å². The third-order valence-corrected chi connectivity index (χ3v) is 5.47. The molecule has 3 aromatic rings. The first-order valence-corrected chi connectivity index (χ1v) is 9.69. The van der Waals surface area contributed by atoms with Gasteiger partial charge in [-0.25, -0.2) is 4.98 Å². The molecule has 0 saturated heterocycles. The van der Waals surface area contributed by atoms with Crippen molar-refractivity contribution < 1.29 is 0 Å². The molecule has 0 saturated carbocycles. The monoisotopic (exact) mass is 391 g/mol. The highest BCUT2D eigenvalue weighted by atomic mass is 79.9. The molecular weight excluding hydrogens is 378 g/mol. The van der Waals surface area contributed by atoms with E-state index in [9.17, 15) is 0 Å². The Labute approximate surface area is 146 Å². The Morgan fingerprint density at radius 2 is 1.86 bits per heavy atom. The summed E-state index contributed by atoms with van der Waals surface area (Å²) in [5, 5.41) is 8.05. The number of aromatic amines is 1. The summed E-state index contributed by atoms with van der Waals surface area (Å²) in [6, 6.07) is 16.6. The number of nitrogens with one attached hydrogen (secondary N) is 1. The Kier molecular flexibility index (Phi) is 5.23. The highest BCUT2D eigenvalue weighted by Crippen LogP contribution is 2.27. The summed E-state index contributed by atoms with van der Waals surface area (Å²) in [5.74, 6) is 1.65. The lowest BCUT2D eigenvalue weighted by Crippen LogP contribution is -1.83. The van der Waals surface area contributed by atoms with Crippen molar-refractivity contribution in [1.29, 1.82) is 0 Å². The molecule has 2 aromatic carbocycles. The topological polar surface area (TPSA) is 41.6 Å². The molecule has 22 heavy (non-hydrogen) atoms. The molecule has 0 atom stereocenters. The predicted molar refractivity (Wildman–Crippen MR) is 97.3 cm³/mol. The fourth-order valence-electron chi connectivity index (χ4n) is 1.95. The van der Waals surface area contributed by atoms with Crippen LogP contribution in [0, 0.1) is 0 Å². The van der Waals surface area contributed by atoms with Gasteiger partial charge >= 0.3 is 0 Å². The Morgan fingerprint density at radius 3 is 2.59 bits per heavy atom. The van der Waals surface area contributed by atoms with Crippen LogP contribution in [0.25, 0.3) is 11.4 Å². The molecule has 0 radical (unpaired) electrons. The van der Waals surface area contributed by atoms with Crippen molar-refractivity contribution in [1.82, 2.24) is 15.2 Å². The third kappa shape index (κ3) is 3.74. The highest BCUT2D eigenvalue weighted by molar-refractivity contribution is 9.10. The second-order valence-corrected chi connectivity index (χ2v) is 7.26. The average molecular weight is 392 g/mol. The van der Waals surface area contributed by atoms with Crippen molar-refractivity contribution in [3.63, 3.8) is 0 Å². The molecule has 112 valence electrons. The van der Waals surface area contributed by atoms with Crippen LogP contribution < -0.4 is 0 Å². The fraction of sp³-hybridized carbons (Fsp3) is 0.125. The van der Waals surface area contributed by atoms with Crippen molar-refractivity contribution in [3.05, 3.63) is 58.6 Å². The first-order chi connectivity index (χ1) is 10.8. The summed E-state index contributed by atoms with van der Waals surface area (Å²) < 4.78 is 1.01. The minimum absolute atomic E-state index is 0.764. The van der Waals surface area contributed by atoms with Gasteiger partial charge in [-0.3, -0.25) is 5.10 Å². The van der Waals surface area contributed by atoms with E-state index in [2.05, 4.69) is 61.6 Å². The van der Waals surface area contributed by atoms with Crippen molar-refractivity contribution in [3.8, 4) is 11.4 Å². The van der Waals surface area contributed by atoms with Crippen LogP contribution in [0.4, 0.5) is 0 Å². The molecule has 3 nitrogen and oxygen atoms in total. The highest BCUT2D eigenvalue weighted by Gasteiger charge is 2.09. The van der Waals surface area contributed by atoms with Gasteiger partial charge in [0.15, 0.2) is 5.82 Å². The largest absolute Gasteiger partial charge is 0.258 e. The number of rotatable bonds is 5. The molecule has 1 N–H and O–H groups in total. The Balaban J connectivity index is 1.68. The second-order valence-electron chi connectivity index (χ2n) is 4.58. The minimum atomic E-state index is 0.764. The van der Waals surface area contributed by atoms with E-state index in [0.717, 1.165) is 26.8 Å². The van der Waals surface area contributed by atoms with Gasteiger partial charge in [0.05, 0.1) is 0 Å². The molecular formula is C16H14BrN3S2. The van der Waals surface area contributed by atoms with Gasteiger partial charge in [0.1, 0.15) is 0 Å². The van der Waals surface area contributed by atoms with E-state index in [1.807, 2.05) is 24.3 Å². The summed E-state index contributed by atoms with van der Waals surface area (Å²) in [4.78, 5) is 5.83. The van der Waals surface area contributed by atoms with Gasteiger partial charge in [0.2, 0.25) is 5.16 Å². The molecule has 1 heterocycles. The Morgan fingerprint density at radius 1 is 1.09 bits per heavy atom. The van der Waals surface area contributed by atoms with Crippen LogP contribution in [-0.2, 0) is 5.75 Å². The Hall–Kier alpha value is -1.24. The molecule has 0 fully saturated rings. The predicted octanol–water partition coefficient (Wildman–Crippen LogP) is 5.25. The maximum absolute atomic E-state index is 4.55. The molecule has 0 aliphatic rings. The van der Waals surface area contributed by atoms with E-state index in [-0.39, 0.29) is 0 Å². The van der Waals surface area contributed by atoms with E-state index in [4.69, 9.17) is 0 Å². The zero-order chi connectivity index (χ0) is 15.4. The summed E-state index contributed by atoms with van der Waals surface area (Å²) in [6.45, 7) is 0. The number of benzene rings is 2. The van der Waals surface area contributed by atoms with E-state index < -0.39 is 0 Å². The first kappa shape index (κ1) is 15.6. The fourth-order valence-corrected chi connectivity index (χ4v) is 3.59. The Bertz CT molecular complexity index is 756. The summed E-state index contributed by atoms with van der Waals surface area (Å²) in [6.07, 6.45) is 2.08. The van der Waals surface area contributed by atoms with E-state index in [1.54, 1.807) is 23.5 Å². The quantitative estimate of drug-likeness (QED) is 0.603. The maximum Gasteiger partial charge on any atom is 0.209 e. The lowest BCUT2D eigenvalue weighted by atomic mass is 10.2. The van der Waals surface area contributed by atoms with Crippen LogP contribution >= 0.6 is 39.5 Å². The third-order valence-electron chi connectivity index (χ3n) is 3.12. The summed E-state index contributed by atoms with van der Waals surface area (Å²) >= 11 is 6.92. The lowest BCUT2D eigenvalue weighted by molar-refractivity contribution is 0.973. The number of hydrogen-bond donors (Lipinski definition) is 1. The van der Waals surface area contributed by atoms with Crippen molar-refractivity contribution in [2.75, 3.05) is 6.26 Å². The first-order valence-electron chi connectivity index (χ1n) is 6.69.